The molecule has 5 heteroatoms. The Hall–Kier alpha value is -2.84. The van der Waals surface area contributed by atoms with Crippen LogP contribution in [-0.4, -0.2) is 17.6 Å². The highest BCUT2D eigenvalue weighted by Crippen LogP contribution is 2.30. The van der Waals surface area contributed by atoms with Crippen LogP contribution in [0.2, 0.25) is 0 Å². The number of hydrogen-bond donors (Lipinski definition) is 2. The molecule has 1 aliphatic heterocycles. The minimum Gasteiger partial charge on any atom is -0.506 e. The van der Waals surface area contributed by atoms with Gasteiger partial charge in [0.15, 0.2) is 0 Å². The summed E-state index contributed by atoms with van der Waals surface area (Å²) in [6, 6.07) is 14.2. The number of hydrogen-bond acceptors (Lipinski definition) is 4. The van der Waals surface area contributed by atoms with Gasteiger partial charge in [-0.2, -0.15) is 5.26 Å². The number of nitrogens with zero attached hydrogens (tertiary/aromatic N) is 1. The fourth-order valence-electron chi connectivity index (χ4n) is 2.72. The van der Waals surface area contributed by atoms with Crippen molar-refractivity contribution in [3.63, 3.8) is 0 Å². The van der Waals surface area contributed by atoms with E-state index in [-0.39, 0.29) is 29.9 Å². The molecule has 0 aromatic heterocycles. The molecule has 116 valence electrons. The lowest BCUT2D eigenvalue weighted by atomic mass is 9.95. The lowest BCUT2D eigenvalue weighted by Gasteiger charge is -2.25. The number of benzene rings is 2. The molecule has 1 aliphatic rings. The first-order chi connectivity index (χ1) is 11.2. The van der Waals surface area contributed by atoms with Crippen LogP contribution in [-0.2, 0) is 16.0 Å². The van der Waals surface area contributed by atoms with Gasteiger partial charge in [-0.1, -0.05) is 24.3 Å². The van der Waals surface area contributed by atoms with Crippen LogP contribution in [0.5, 0.6) is 5.75 Å². The van der Waals surface area contributed by atoms with Crippen molar-refractivity contribution < 1.29 is 14.6 Å². The Morgan fingerprint density at radius 2 is 2.17 bits per heavy atom. The van der Waals surface area contributed by atoms with E-state index in [0.717, 1.165) is 12.0 Å². The number of carbonyl (C=O) groups is 1. The summed E-state index contributed by atoms with van der Waals surface area (Å²) in [5.74, 6) is -0.334. The van der Waals surface area contributed by atoms with Crippen molar-refractivity contribution in [3.8, 4) is 11.8 Å². The van der Waals surface area contributed by atoms with Crippen LogP contribution in [0.25, 0.3) is 0 Å². The number of phenols is 1. The van der Waals surface area contributed by atoms with Crippen molar-refractivity contribution in [2.75, 3.05) is 11.9 Å². The molecule has 0 radical (unpaired) electrons. The highest BCUT2D eigenvalue weighted by Gasteiger charge is 2.23. The summed E-state index contributed by atoms with van der Waals surface area (Å²) >= 11 is 0. The van der Waals surface area contributed by atoms with Crippen LogP contribution in [0.1, 0.15) is 29.2 Å². The Morgan fingerprint density at radius 3 is 3.00 bits per heavy atom. The van der Waals surface area contributed by atoms with E-state index in [1.807, 2.05) is 30.3 Å². The molecule has 0 saturated heterocycles. The summed E-state index contributed by atoms with van der Waals surface area (Å²) in [4.78, 5) is 12.3. The van der Waals surface area contributed by atoms with Crippen molar-refractivity contribution in [1.82, 2.24) is 0 Å². The molecule has 0 spiro atoms. The predicted octanol–water partition coefficient (Wildman–Crippen LogP) is 2.91. The van der Waals surface area contributed by atoms with E-state index in [9.17, 15) is 9.90 Å². The van der Waals surface area contributed by atoms with E-state index in [0.29, 0.717) is 12.2 Å². The number of amides is 1. The van der Waals surface area contributed by atoms with E-state index >= 15 is 0 Å². The van der Waals surface area contributed by atoms with Gasteiger partial charge in [0, 0.05) is 0 Å². The molecule has 2 aromatic carbocycles. The van der Waals surface area contributed by atoms with Crippen molar-refractivity contribution in [2.24, 2.45) is 0 Å². The van der Waals surface area contributed by atoms with Crippen molar-refractivity contribution in [3.05, 3.63) is 59.2 Å². The zero-order chi connectivity index (χ0) is 16.2. The molecular weight excluding hydrogens is 292 g/mol. The Morgan fingerprint density at radius 1 is 1.35 bits per heavy atom. The molecule has 23 heavy (non-hydrogen) atoms. The first kappa shape index (κ1) is 15.1. The summed E-state index contributed by atoms with van der Waals surface area (Å²) < 4.78 is 5.71. The molecule has 1 heterocycles. The minimum atomic E-state index is -0.291. The monoisotopic (exact) mass is 308 g/mol. The van der Waals surface area contributed by atoms with Gasteiger partial charge in [-0.25, -0.2) is 0 Å². The fourth-order valence-corrected chi connectivity index (χ4v) is 2.72. The first-order valence-corrected chi connectivity index (χ1v) is 7.40. The molecule has 0 saturated carbocycles. The summed E-state index contributed by atoms with van der Waals surface area (Å²) in [6.07, 6.45) is 0.716. The van der Waals surface area contributed by atoms with E-state index in [2.05, 4.69) is 5.32 Å². The molecule has 0 unspecified atom stereocenters. The minimum absolute atomic E-state index is 0.0673. The van der Waals surface area contributed by atoms with E-state index in [4.69, 9.17) is 10.00 Å². The SMILES string of the molecule is N#Cc1ccc(O)c(NC(=O)C[C@@H]2OCCc3ccccc32)c1. The standard InChI is InChI=1S/C18H16N2O3/c19-11-12-5-6-16(21)15(9-12)20-18(22)10-17-14-4-2-1-3-13(14)7-8-23-17/h1-6,9,17,21H,7-8,10H2,(H,20,22)/t17-/m0/s1. The summed E-state index contributed by atoms with van der Waals surface area (Å²) in [5, 5.41) is 21.3. The maximum Gasteiger partial charge on any atom is 0.227 e. The van der Waals surface area contributed by atoms with E-state index < -0.39 is 0 Å². The van der Waals surface area contributed by atoms with Gasteiger partial charge in [-0.15, -0.1) is 0 Å². The van der Waals surface area contributed by atoms with Gasteiger partial charge in [0.2, 0.25) is 5.91 Å². The Labute approximate surface area is 134 Å². The fraction of sp³-hybridized carbons (Fsp3) is 0.222. The number of ether oxygens (including phenoxy) is 1. The number of anilines is 1. The number of phenolic OH excluding ortho intramolecular Hbond substituents is 1. The molecule has 3 rings (SSSR count). The zero-order valence-electron chi connectivity index (χ0n) is 12.5. The Balaban J connectivity index is 1.73. The van der Waals surface area contributed by atoms with E-state index in [1.54, 1.807) is 0 Å². The molecular formula is C18H16N2O3. The number of nitriles is 1. The molecule has 1 amide bonds. The van der Waals surface area contributed by atoms with Crippen LogP contribution >= 0.6 is 0 Å². The molecule has 2 aromatic rings. The molecule has 0 bridgehead atoms. The maximum absolute atomic E-state index is 12.3. The second-order valence-corrected chi connectivity index (χ2v) is 5.40. The van der Waals surface area contributed by atoms with Gasteiger partial charge >= 0.3 is 0 Å². The third kappa shape index (κ3) is 3.33. The lowest BCUT2D eigenvalue weighted by Crippen LogP contribution is -2.22. The number of rotatable bonds is 3. The van der Waals surface area contributed by atoms with E-state index in [1.165, 1.54) is 23.8 Å². The van der Waals surface area contributed by atoms with Crippen LogP contribution in [0.3, 0.4) is 0 Å². The quantitative estimate of drug-likeness (QED) is 0.854. The van der Waals surface area contributed by atoms with Gasteiger partial charge in [0.1, 0.15) is 5.75 Å². The summed E-state index contributed by atoms with van der Waals surface area (Å²) in [6.45, 7) is 0.587. The smallest absolute Gasteiger partial charge is 0.227 e. The molecule has 0 fully saturated rings. The van der Waals surface area contributed by atoms with Crippen LogP contribution in [0.15, 0.2) is 42.5 Å². The number of fused-ring (bicyclic) bond motifs is 1. The topological polar surface area (TPSA) is 82.4 Å². The number of nitrogens with one attached hydrogen (secondary N) is 1. The van der Waals surface area contributed by atoms with Crippen LogP contribution in [0, 0.1) is 11.3 Å². The molecule has 5 nitrogen and oxygen atoms in total. The predicted molar refractivity (Wildman–Crippen MR) is 84.9 cm³/mol. The van der Waals surface area contributed by atoms with Gasteiger partial charge in [-0.3, -0.25) is 4.79 Å². The first-order valence-electron chi connectivity index (χ1n) is 7.40. The lowest BCUT2D eigenvalue weighted by molar-refractivity contribution is -0.119. The Bertz CT molecular complexity index is 780. The van der Waals surface area contributed by atoms with Crippen molar-refractivity contribution >= 4 is 11.6 Å². The third-order valence-corrected chi connectivity index (χ3v) is 3.86. The summed E-state index contributed by atoms with van der Waals surface area (Å²) in [5.41, 5.74) is 2.84. The Kier molecular flexibility index (Phi) is 4.26. The maximum atomic E-state index is 12.3. The highest BCUT2D eigenvalue weighted by molar-refractivity contribution is 5.92. The normalized spacial score (nSPS) is 16.2. The average Bonchev–Trinajstić information content (AvgIpc) is 2.57. The van der Waals surface area contributed by atoms with Crippen LogP contribution < -0.4 is 5.32 Å². The molecule has 2 N–H and O–H groups in total. The zero-order valence-corrected chi connectivity index (χ0v) is 12.5. The second-order valence-electron chi connectivity index (χ2n) is 5.40. The van der Waals surface area contributed by atoms with Gasteiger partial charge < -0.3 is 15.2 Å². The molecule has 0 aliphatic carbocycles. The van der Waals surface area contributed by atoms with Crippen molar-refractivity contribution in [2.45, 2.75) is 18.9 Å². The van der Waals surface area contributed by atoms with Crippen molar-refractivity contribution in [1.29, 1.82) is 5.26 Å². The average molecular weight is 308 g/mol. The van der Waals surface area contributed by atoms with Gasteiger partial charge in [0.25, 0.3) is 0 Å². The largest absolute Gasteiger partial charge is 0.506 e. The third-order valence-electron chi connectivity index (χ3n) is 3.86. The van der Waals surface area contributed by atoms with Crippen LogP contribution in [0.4, 0.5) is 5.69 Å². The highest BCUT2D eigenvalue weighted by atomic mass is 16.5. The summed E-state index contributed by atoms with van der Waals surface area (Å²) in [7, 11) is 0. The number of aromatic hydroxyl groups is 1. The van der Waals surface area contributed by atoms with Gasteiger partial charge in [-0.05, 0) is 35.7 Å². The number of carbonyl (C=O) groups excluding carboxylic acids is 1. The second kappa shape index (κ2) is 6.51. The molecule has 1 atom stereocenters. The van der Waals surface area contributed by atoms with Gasteiger partial charge in [0.05, 0.1) is 36.5 Å².